The van der Waals surface area contributed by atoms with Gasteiger partial charge in [0.25, 0.3) is 5.56 Å². The van der Waals surface area contributed by atoms with Crippen molar-refractivity contribution in [2.24, 2.45) is 7.05 Å². The van der Waals surface area contributed by atoms with E-state index in [1.165, 1.54) is 17.9 Å². The van der Waals surface area contributed by atoms with Crippen LogP contribution < -0.4 is 16.1 Å². The van der Waals surface area contributed by atoms with Gasteiger partial charge in [-0.2, -0.15) is 5.10 Å². The SMILES string of the molecule is CCC(Cn1ncc(=O)n(C)c1=O)N1CCN(c2ccccc2O)CC1. The first-order valence-corrected chi connectivity index (χ1v) is 8.91. The maximum absolute atomic E-state index is 12.2. The van der Waals surface area contributed by atoms with Gasteiger partial charge in [0.05, 0.1) is 12.2 Å². The topological polar surface area (TPSA) is 83.6 Å². The lowest BCUT2D eigenvalue weighted by molar-refractivity contribution is 0.156. The molecule has 0 amide bonds. The van der Waals surface area contributed by atoms with Crippen LogP contribution in [-0.4, -0.2) is 56.6 Å². The smallest absolute Gasteiger partial charge is 0.347 e. The van der Waals surface area contributed by atoms with Crippen molar-refractivity contribution >= 4 is 5.69 Å². The van der Waals surface area contributed by atoms with Gasteiger partial charge < -0.3 is 10.0 Å². The molecule has 1 N–H and O–H groups in total. The molecule has 1 fully saturated rings. The predicted molar refractivity (Wildman–Crippen MR) is 99.7 cm³/mol. The molecule has 0 saturated carbocycles. The molecule has 0 aliphatic carbocycles. The molecule has 0 spiro atoms. The van der Waals surface area contributed by atoms with Crippen LogP contribution in [0.3, 0.4) is 0 Å². The van der Waals surface area contributed by atoms with Crippen LogP contribution >= 0.6 is 0 Å². The fourth-order valence-corrected chi connectivity index (χ4v) is 3.41. The van der Waals surface area contributed by atoms with Crippen LogP contribution in [0.5, 0.6) is 5.75 Å². The third kappa shape index (κ3) is 3.65. The van der Waals surface area contributed by atoms with Gasteiger partial charge in [0.1, 0.15) is 11.9 Å². The van der Waals surface area contributed by atoms with Crippen molar-refractivity contribution < 1.29 is 5.11 Å². The van der Waals surface area contributed by atoms with Gasteiger partial charge in [0, 0.05) is 39.3 Å². The van der Waals surface area contributed by atoms with Crippen molar-refractivity contribution in [3.05, 3.63) is 51.3 Å². The number of hydrogen-bond acceptors (Lipinski definition) is 6. The minimum Gasteiger partial charge on any atom is -0.506 e. The van der Waals surface area contributed by atoms with Gasteiger partial charge in [-0.1, -0.05) is 19.1 Å². The molecule has 8 nitrogen and oxygen atoms in total. The van der Waals surface area contributed by atoms with E-state index in [1.807, 2.05) is 18.2 Å². The van der Waals surface area contributed by atoms with Crippen LogP contribution in [0.4, 0.5) is 5.69 Å². The van der Waals surface area contributed by atoms with Crippen LogP contribution in [0.2, 0.25) is 0 Å². The summed E-state index contributed by atoms with van der Waals surface area (Å²) < 4.78 is 2.45. The van der Waals surface area contributed by atoms with Crippen molar-refractivity contribution in [1.82, 2.24) is 19.2 Å². The van der Waals surface area contributed by atoms with E-state index in [4.69, 9.17) is 0 Å². The maximum atomic E-state index is 12.2. The Morgan fingerprint density at radius 1 is 1.15 bits per heavy atom. The van der Waals surface area contributed by atoms with Crippen molar-refractivity contribution in [1.29, 1.82) is 0 Å². The molecule has 8 heteroatoms. The third-order valence-corrected chi connectivity index (χ3v) is 5.05. The number of phenolic OH excluding ortho intramolecular Hbond substituents is 1. The van der Waals surface area contributed by atoms with Crippen LogP contribution in [0.25, 0.3) is 0 Å². The highest BCUT2D eigenvalue weighted by Crippen LogP contribution is 2.27. The Balaban J connectivity index is 1.68. The molecule has 1 atom stereocenters. The third-order valence-electron chi connectivity index (χ3n) is 5.05. The molecular formula is C18H25N5O3. The number of aromatic nitrogens is 3. The number of piperazine rings is 1. The minimum absolute atomic E-state index is 0.171. The molecule has 1 saturated heterocycles. The second kappa shape index (κ2) is 7.74. The molecule has 1 aromatic carbocycles. The Morgan fingerprint density at radius 2 is 1.85 bits per heavy atom. The fraction of sp³-hybridized carbons (Fsp3) is 0.500. The van der Waals surface area contributed by atoms with Crippen LogP contribution in [0.15, 0.2) is 40.1 Å². The van der Waals surface area contributed by atoms with Crippen LogP contribution in [0.1, 0.15) is 13.3 Å². The number of anilines is 1. The van der Waals surface area contributed by atoms with E-state index >= 15 is 0 Å². The van der Waals surface area contributed by atoms with E-state index in [-0.39, 0.29) is 11.7 Å². The second-order valence-electron chi connectivity index (χ2n) is 6.58. The second-order valence-corrected chi connectivity index (χ2v) is 6.58. The van der Waals surface area contributed by atoms with Gasteiger partial charge >= 0.3 is 5.69 Å². The lowest BCUT2D eigenvalue weighted by Crippen LogP contribution is -2.52. The molecular weight excluding hydrogens is 334 g/mol. The Morgan fingerprint density at radius 3 is 2.50 bits per heavy atom. The standard InChI is InChI=1S/C18H25N5O3/c1-3-14(13-23-18(26)20(2)17(25)12-19-23)21-8-10-22(11-9-21)15-6-4-5-7-16(15)24/h4-7,12,14,24H,3,8-11,13H2,1-2H3. The van der Waals surface area contributed by atoms with Gasteiger partial charge in [0.2, 0.25) is 0 Å². The summed E-state index contributed by atoms with van der Waals surface area (Å²) in [6, 6.07) is 7.54. The van der Waals surface area contributed by atoms with Crippen molar-refractivity contribution in [2.75, 3.05) is 31.1 Å². The van der Waals surface area contributed by atoms with Gasteiger partial charge in [-0.15, -0.1) is 0 Å². The highest BCUT2D eigenvalue weighted by atomic mass is 16.3. The van der Waals surface area contributed by atoms with E-state index in [0.29, 0.717) is 12.3 Å². The Bertz CT molecular complexity index is 868. The molecule has 1 aliphatic heterocycles. The average molecular weight is 359 g/mol. The number of benzene rings is 1. The lowest BCUT2D eigenvalue weighted by Gasteiger charge is -2.40. The molecule has 0 radical (unpaired) electrons. The monoisotopic (exact) mass is 359 g/mol. The average Bonchev–Trinajstić information content (AvgIpc) is 2.66. The molecule has 1 aliphatic rings. The Kier molecular flexibility index (Phi) is 5.41. The summed E-state index contributed by atoms with van der Waals surface area (Å²) in [5.74, 6) is 0.300. The van der Waals surface area contributed by atoms with E-state index < -0.39 is 5.56 Å². The molecule has 26 heavy (non-hydrogen) atoms. The van der Waals surface area contributed by atoms with Gasteiger partial charge in [0.15, 0.2) is 0 Å². The summed E-state index contributed by atoms with van der Waals surface area (Å²) in [6.07, 6.45) is 2.07. The number of nitrogens with zero attached hydrogens (tertiary/aromatic N) is 5. The van der Waals surface area contributed by atoms with Gasteiger partial charge in [-0.25, -0.2) is 9.48 Å². The van der Waals surface area contributed by atoms with Crippen LogP contribution in [0, 0.1) is 0 Å². The molecule has 3 rings (SSSR count). The normalized spacial score (nSPS) is 16.6. The van der Waals surface area contributed by atoms with Gasteiger partial charge in [-0.3, -0.25) is 14.3 Å². The summed E-state index contributed by atoms with van der Waals surface area (Å²) in [4.78, 5) is 28.2. The van der Waals surface area contributed by atoms with Gasteiger partial charge in [-0.05, 0) is 18.6 Å². The summed E-state index contributed by atoms with van der Waals surface area (Å²) in [5.41, 5.74) is 0.0792. The number of para-hydroxylation sites is 2. The molecule has 2 aromatic rings. The summed E-state index contributed by atoms with van der Waals surface area (Å²) in [7, 11) is 1.47. The minimum atomic E-state index is -0.393. The number of rotatable bonds is 5. The van der Waals surface area contributed by atoms with Crippen LogP contribution in [-0.2, 0) is 13.6 Å². The highest BCUT2D eigenvalue weighted by molar-refractivity contribution is 5.57. The Labute approximate surface area is 151 Å². The lowest BCUT2D eigenvalue weighted by atomic mass is 10.1. The first-order valence-electron chi connectivity index (χ1n) is 8.91. The van der Waals surface area contributed by atoms with E-state index in [0.717, 1.165) is 42.9 Å². The van der Waals surface area contributed by atoms with E-state index in [9.17, 15) is 14.7 Å². The molecule has 1 unspecified atom stereocenters. The van der Waals surface area contributed by atoms with E-state index in [2.05, 4.69) is 21.8 Å². The zero-order valence-electron chi connectivity index (χ0n) is 15.2. The maximum Gasteiger partial charge on any atom is 0.347 e. The summed E-state index contributed by atoms with van der Waals surface area (Å²) in [6.45, 7) is 5.85. The zero-order valence-corrected chi connectivity index (χ0v) is 15.2. The van der Waals surface area contributed by atoms with E-state index in [1.54, 1.807) is 6.07 Å². The largest absolute Gasteiger partial charge is 0.506 e. The number of phenols is 1. The molecule has 1 aromatic heterocycles. The fourth-order valence-electron chi connectivity index (χ4n) is 3.41. The number of hydrogen-bond donors (Lipinski definition) is 1. The van der Waals surface area contributed by atoms with Crippen molar-refractivity contribution in [3.63, 3.8) is 0 Å². The summed E-state index contributed by atoms with van der Waals surface area (Å²) in [5, 5.41) is 14.0. The first-order chi connectivity index (χ1) is 12.5. The molecule has 2 heterocycles. The van der Waals surface area contributed by atoms with Crippen molar-refractivity contribution in [3.8, 4) is 5.75 Å². The highest BCUT2D eigenvalue weighted by Gasteiger charge is 2.25. The zero-order chi connectivity index (χ0) is 18.7. The predicted octanol–water partition coefficient (Wildman–Crippen LogP) is 0.248. The van der Waals surface area contributed by atoms with Crippen molar-refractivity contribution in [2.45, 2.75) is 25.9 Å². The first kappa shape index (κ1) is 18.2. The Hall–Kier alpha value is -2.61. The quantitative estimate of drug-likeness (QED) is 0.824. The summed E-state index contributed by atoms with van der Waals surface area (Å²) >= 11 is 0. The number of aromatic hydroxyl groups is 1. The molecule has 140 valence electrons. The molecule has 0 bridgehead atoms.